The Kier molecular flexibility index (Phi) is 6.34. The SMILES string of the molecule is CC(=O)N1CCN(S(=O)(=O)c2cccc(C(=O)N(C)Cc3ccccc3)c2)CC1. The maximum atomic E-state index is 13.0. The Balaban J connectivity index is 1.74. The van der Waals surface area contributed by atoms with E-state index >= 15 is 0 Å². The van der Waals surface area contributed by atoms with E-state index in [9.17, 15) is 18.0 Å². The molecule has 29 heavy (non-hydrogen) atoms. The number of hydrogen-bond acceptors (Lipinski definition) is 4. The summed E-state index contributed by atoms with van der Waals surface area (Å²) in [5.41, 5.74) is 1.32. The molecule has 0 bridgehead atoms. The van der Waals surface area contributed by atoms with Gasteiger partial charge in [-0.05, 0) is 23.8 Å². The topological polar surface area (TPSA) is 78.0 Å². The molecule has 0 radical (unpaired) electrons. The molecule has 3 rings (SSSR count). The van der Waals surface area contributed by atoms with Crippen LogP contribution in [0.25, 0.3) is 0 Å². The van der Waals surface area contributed by atoms with E-state index in [1.165, 1.54) is 23.4 Å². The van der Waals surface area contributed by atoms with Crippen molar-refractivity contribution in [3.8, 4) is 0 Å². The molecule has 0 aliphatic carbocycles. The third kappa shape index (κ3) is 4.83. The molecule has 2 aromatic rings. The molecule has 2 amide bonds. The normalized spacial score (nSPS) is 15.2. The van der Waals surface area contributed by atoms with Gasteiger partial charge in [0.25, 0.3) is 5.91 Å². The van der Waals surface area contributed by atoms with Gasteiger partial charge >= 0.3 is 0 Å². The zero-order valence-corrected chi connectivity index (χ0v) is 17.4. The molecule has 154 valence electrons. The second-order valence-corrected chi connectivity index (χ2v) is 9.02. The number of amides is 2. The number of hydrogen-bond donors (Lipinski definition) is 0. The van der Waals surface area contributed by atoms with Gasteiger partial charge in [-0.1, -0.05) is 36.4 Å². The first-order valence-corrected chi connectivity index (χ1v) is 10.9. The Morgan fingerprint density at radius 2 is 1.62 bits per heavy atom. The fourth-order valence-corrected chi connectivity index (χ4v) is 4.80. The molecule has 0 atom stereocenters. The summed E-state index contributed by atoms with van der Waals surface area (Å²) in [6.45, 7) is 3.14. The highest BCUT2D eigenvalue weighted by molar-refractivity contribution is 7.89. The lowest BCUT2D eigenvalue weighted by Gasteiger charge is -2.33. The predicted octanol–water partition coefficient (Wildman–Crippen LogP) is 1.81. The van der Waals surface area contributed by atoms with Crippen molar-refractivity contribution in [3.63, 3.8) is 0 Å². The highest BCUT2D eigenvalue weighted by Gasteiger charge is 2.29. The van der Waals surface area contributed by atoms with Gasteiger partial charge in [-0.15, -0.1) is 0 Å². The van der Waals surface area contributed by atoms with Gasteiger partial charge in [-0.25, -0.2) is 8.42 Å². The van der Waals surface area contributed by atoms with Crippen LogP contribution in [0.5, 0.6) is 0 Å². The summed E-state index contributed by atoms with van der Waals surface area (Å²) in [7, 11) is -2.04. The van der Waals surface area contributed by atoms with Crippen molar-refractivity contribution in [1.82, 2.24) is 14.1 Å². The fraction of sp³-hybridized carbons (Fsp3) is 0.333. The zero-order valence-electron chi connectivity index (χ0n) is 16.6. The van der Waals surface area contributed by atoms with Gasteiger partial charge in [0.05, 0.1) is 4.90 Å². The lowest BCUT2D eigenvalue weighted by atomic mass is 10.1. The van der Waals surface area contributed by atoms with Crippen LogP contribution < -0.4 is 0 Å². The molecule has 1 heterocycles. The van der Waals surface area contributed by atoms with Crippen LogP contribution in [0.3, 0.4) is 0 Å². The maximum Gasteiger partial charge on any atom is 0.253 e. The molecule has 8 heteroatoms. The van der Waals surface area contributed by atoms with Crippen molar-refractivity contribution in [2.45, 2.75) is 18.4 Å². The third-order valence-corrected chi connectivity index (χ3v) is 6.91. The van der Waals surface area contributed by atoms with E-state index in [-0.39, 0.29) is 29.8 Å². The average molecular weight is 416 g/mol. The van der Waals surface area contributed by atoms with Gasteiger partial charge in [-0.2, -0.15) is 4.31 Å². The van der Waals surface area contributed by atoms with Crippen LogP contribution in [-0.4, -0.2) is 67.6 Å². The fourth-order valence-electron chi connectivity index (χ4n) is 3.33. The molecule has 1 aliphatic heterocycles. The van der Waals surface area contributed by atoms with Crippen molar-refractivity contribution in [2.24, 2.45) is 0 Å². The number of carbonyl (C=O) groups is 2. The van der Waals surface area contributed by atoms with Crippen molar-refractivity contribution in [3.05, 3.63) is 65.7 Å². The Morgan fingerprint density at radius 3 is 2.24 bits per heavy atom. The smallest absolute Gasteiger partial charge is 0.253 e. The second kappa shape index (κ2) is 8.75. The number of sulfonamides is 1. The molecular formula is C21H25N3O4S. The molecule has 1 saturated heterocycles. The van der Waals surface area contributed by atoms with E-state index in [0.717, 1.165) is 5.56 Å². The number of nitrogens with zero attached hydrogens (tertiary/aromatic N) is 3. The molecule has 0 spiro atoms. The van der Waals surface area contributed by atoms with Crippen LogP contribution in [0.15, 0.2) is 59.5 Å². The number of carbonyl (C=O) groups excluding carboxylic acids is 2. The van der Waals surface area contributed by atoms with Crippen LogP contribution in [0, 0.1) is 0 Å². The zero-order chi connectivity index (χ0) is 21.0. The first-order chi connectivity index (χ1) is 13.8. The third-order valence-electron chi connectivity index (χ3n) is 5.01. The molecule has 0 aromatic heterocycles. The van der Waals surface area contributed by atoms with Crippen LogP contribution in [0.2, 0.25) is 0 Å². The van der Waals surface area contributed by atoms with E-state index in [0.29, 0.717) is 25.2 Å². The minimum atomic E-state index is -3.73. The molecule has 2 aromatic carbocycles. The summed E-state index contributed by atoms with van der Waals surface area (Å²) in [4.78, 5) is 27.5. The van der Waals surface area contributed by atoms with Crippen molar-refractivity contribution < 1.29 is 18.0 Å². The number of rotatable bonds is 5. The molecule has 0 unspecified atom stereocenters. The van der Waals surface area contributed by atoms with E-state index < -0.39 is 10.0 Å². The average Bonchev–Trinajstić information content (AvgIpc) is 2.74. The van der Waals surface area contributed by atoms with Crippen molar-refractivity contribution in [2.75, 3.05) is 33.2 Å². The second-order valence-electron chi connectivity index (χ2n) is 7.08. The monoisotopic (exact) mass is 415 g/mol. The quantitative estimate of drug-likeness (QED) is 0.746. The Labute approximate surface area is 171 Å². The van der Waals surface area contributed by atoms with Crippen molar-refractivity contribution in [1.29, 1.82) is 0 Å². The minimum Gasteiger partial charge on any atom is -0.340 e. The maximum absolute atomic E-state index is 13.0. The Morgan fingerprint density at radius 1 is 0.966 bits per heavy atom. The highest BCUT2D eigenvalue weighted by Crippen LogP contribution is 2.20. The lowest BCUT2D eigenvalue weighted by molar-refractivity contribution is -0.129. The summed E-state index contributed by atoms with van der Waals surface area (Å²) in [5, 5.41) is 0. The van der Waals surface area contributed by atoms with Crippen LogP contribution in [0.1, 0.15) is 22.8 Å². The minimum absolute atomic E-state index is 0.0592. The molecule has 0 saturated carbocycles. The van der Waals surface area contributed by atoms with Gasteiger partial charge < -0.3 is 9.80 Å². The molecule has 7 nitrogen and oxygen atoms in total. The first-order valence-electron chi connectivity index (χ1n) is 9.44. The summed E-state index contributed by atoms with van der Waals surface area (Å²) in [6.07, 6.45) is 0. The van der Waals surface area contributed by atoms with E-state index in [4.69, 9.17) is 0 Å². The van der Waals surface area contributed by atoms with E-state index in [1.807, 2.05) is 30.3 Å². The van der Waals surface area contributed by atoms with Crippen LogP contribution in [0.4, 0.5) is 0 Å². The van der Waals surface area contributed by atoms with Gasteiger partial charge in [0, 0.05) is 52.3 Å². The first kappa shape index (κ1) is 21.0. The van der Waals surface area contributed by atoms with E-state index in [1.54, 1.807) is 29.0 Å². The summed E-state index contributed by atoms with van der Waals surface area (Å²) < 4.78 is 27.4. The summed E-state index contributed by atoms with van der Waals surface area (Å²) in [6, 6.07) is 15.7. The lowest BCUT2D eigenvalue weighted by Crippen LogP contribution is -2.49. The van der Waals surface area contributed by atoms with Gasteiger partial charge in [-0.3, -0.25) is 9.59 Å². The summed E-state index contributed by atoms with van der Waals surface area (Å²) >= 11 is 0. The Bertz CT molecular complexity index is 984. The highest BCUT2D eigenvalue weighted by atomic mass is 32.2. The van der Waals surface area contributed by atoms with Crippen LogP contribution in [-0.2, 0) is 21.4 Å². The number of benzene rings is 2. The molecular weight excluding hydrogens is 390 g/mol. The largest absolute Gasteiger partial charge is 0.340 e. The van der Waals surface area contributed by atoms with Gasteiger partial charge in [0.15, 0.2) is 0 Å². The molecule has 0 N–H and O–H groups in total. The van der Waals surface area contributed by atoms with Crippen LogP contribution >= 0.6 is 0 Å². The molecule has 1 aliphatic rings. The number of piperazine rings is 1. The Hall–Kier alpha value is -2.71. The summed E-state index contributed by atoms with van der Waals surface area (Å²) in [5.74, 6) is -0.302. The predicted molar refractivity (Wildman–Crippen MR) is 110 cm³/mol. The van der Waals surface area contributed by atoms with Gasteiger partial charge in [0.1, 0.15) is 0 Å². The van der Waals surface area contributed by atoms with Crippen molar-refractivity contribution >= 4 is 21.8 Å². The molecule has 1 fully saturated rings. The standard InChI is InChI=1S/C21H25N3O4S/c1-17(25)23-11-13-24(14-12-23)29(27,28)20-10-6-9-19(15-20)21(26)22(2)16-18-7-4-3-5-8-18/h3-10,15H,11-14,16H2,1-2H3. The van der Waals surface area contributed by atoms with Gasteiger partial charge in [0.2, 0.25) is 15.9 Å². The van der Waals surface area contributed by atoms with E-state index in [2.05, 4.69) is 0 Å².